The zero-order chi connectivity index (χ0) is 14.2. The topological polar surface area (TPSA) is 76.8 Å². The Kier molecular flexibility index (Phi) is 8.10. The molecular weight excluding hydrogens is 234 g/mol. The molecule has 1 atom stereocenters. The summed E-state index contributed by atoms with van der Waals surface area (Å²) in [6.07, 6.45) is -0.702. The fourth-order valence-corrected chi connectivity index (χ4v) is 1.87. The van der Waals surface area contributed by atoms with Gasteiger partial charge in [-0.05, 0) is 20.0 Å². The lowest BCUT2D eigenvalue weighted by molar-refractivity contribution is -0.165. The molecule has 0 spiro atoms. The van der Waals surface area contributed by atoms with Gasteiger partial charge in [-0.15, -0.1) is 0 Å². The third kappa shape index (κ3) is 4.53. The summed E-state index contributed by atoms with van der Waals surface area (Å²) >= 11 is 0. The van der Waals surface area contributed by atoms with Crippen LogP contribution < -0.4 is 11.1 Å². The number of primary amides is 1. The van der Waals surface area contributed by atoms with Crippen LogP contribution in [0.15, 0.2) is 0 Å². The first-order valence-corrected chi connectivity index (χ1v) is 6.29. The van der Waals surface area contributed by atoms with E-state index in [9.17, 15) is 4.79 Å². The van der Waals surface area contributed by atoms with E-state index in [0.717, 1.165) is 19.6 Å². The molecule has 1 amide bonds. The van der Waals surface area contributed by atoms with Gasteiger partial charge >= 0.3 is 0 Å². The number of hydrogen-bond donors (Lipinski definition) is 2. The molecule has 0 aliphatic rings. The zero-order valence-corrected chi connectivity index (χ0v) is 12.2. The summed E-state index contributed by atoms with van der Waals surface area (Å²) in [5, 5.41) is 3.13. The lowest BCUT2D eigenvalue weighted by Gasteiger charge is -2.34. The number of ether oxygens (including phenoxy) is 2. The van der Waals surface area contributed by atoms with Gasteiger partial charge in [0.1, 0.15) is 5.54 Å². The average molecular weight is 261 g/mol. The van der Waals surface area contributed by atoms with Crippen molar-refractivity contribution in [2.24, 2.45) is 5.73 Å². The van der Waals surface area contributed by atoms with E-state index in [1.54, 1.807) is 6.92 Å². The van der Waals surface area contributed by atoms with Crippen molar-refractivity contribution in [1.29, 1.82) is 0 Å². The first-order chi connectivity index (χ1) is 8.46. The Bertz CT molecular complexity index is 243. The minimum absolute atomic E-state index is 0.490. The van der Waals surface area contributed by atoms with Crippen molar-refractivity contribution in [3.63, 3.8) is 0 Å². The minimum atomic E-state index is -1.03. The summed E-state index contributed by atoms with van der Waals surface area (Å²) in [5.41, 5.74) is 4.40. The molecule has 0 aromatic carbocycles. The van der Waals surface area contributed by atoms with Crippen molar-refractivity contribution >= 4 is 5.91 Å². The third-order valence-electron chi connectivity index (χ3n) is 3.23. The average Bonchev–Trinajstić information content (AvgIpc) is 2.35. The highest BCUT2D eigenvalue weighted by atomic mass is 16.7. The highest BCUT2D eigenvalue weighted by molar-refractivity contribution is 5.84. The summed E-state index contributed by atoms with van der Waals surface area (Å²) in [4.78, 5) is 13.8. The molecule has 0 aromatic rings. The maximum absolute atomic E-state index is 11.6. The van der Waals surface area contributed by atoms with Gasteiger partial charge < -0.3 is 20.1 Å². The fraction of sp³-hybridized carbons (Fsp3) is 0.917. The molecule has 6 nitrogen and oxygen atoms in total. The minimum Gasteiger partial charge on any atom is -0.368 e. The van der Waals surface area contributed by atoms with Gasteiger partial charge in [0.05, 0.1) is 0 Å². The summed E-state index contributed by atoms with van der Waals surface area (Å²) in [5.74, 6) is -0.490. The number of nitrogens with two attached hydrogens (primary N) is 1. The van der Waals surface area contributed by atoms with Crippen molar-refractivity contribution in [3.8, 4) is 0 Å². The SMILES string of the molecule is CCN(CC)CCNC(C)(C(N)=O)C(OC)OC. The van der Waals surface area contributed by atoms with Gasteiger partial charge in [0.2, 0.25) is 5.91 Å². The van der Waals surface area contributed by atoms with E-state index in [0.29, 0.717) is 6.54 Å². The molecule has 108 valence electrons. The van der Waals surface area contributed by atoms with Crippen molar-refractivity contribution in [3.05, 3.63) is 0 Å². The highest BCUT2D eigenvalue weighted by Gasteiger charge is 2.40. The molecule has 3 N–H and O–H groups in total. The number of carbonyl (C=O) groups excluding carboxylic acids is 1. The smallest absolute Gasteiger partial charge is 0.242 e. The number of amides is 1. The standard InChI is InChI=1S/C12H27N3O3/c1-6-15(7-2)9-8-14-12(3,10(13)16)11(17-4)18-5/h11,14H,6-9H2,1-5H3,(H2,13,16). The molecule has 0 aliphatic heterocycles. The Morgan fingerprint density at radius 1 is 1.33 bits per heavy atom. The maximum Gasteiger partial charge on any atom is 0.242 e. The number of carbonyl (C=O) groups is 1. The Morgan fingerprint density at radius 3 is 2.17 bits per heavy atom. The van der Waals surface area contributed by atoms with Crippen LogP contribution in [0.1, 0.15) is 20.8 Å². The van der Waals surface area contributed by atoms with Crippen LogP contribution in [0.2, 0.25) is 0 Å². The molecule has 0 bridgehead atoms. The largest absolute Gasteiger partial charge is 0.368 e. The monoisotopic (exact) mass is 261 g/mol. The van der Waals surface area contributed by atoms with Crippen molar-refractivity contribution in [2.75, 3.05) is 40.4 Å². The number of hydrogen-bond acceptors (Lipinski definition) is 5. The molecule has 1 unspecified atom stereocenters. The lowest BCUT2D eigenvalue weighted by Crippen LogP contribution is -2.62. The molecule has 6 heteroatoms. The van der Waals surface area contributed by atoms with Gasteiger partial charge in [-0.2, -0.15) is 0 Å². The highest BCUT2D eigenvalue weighted by Crippen LogP contribution is 2.13. The van der Waals surface area contributed by atoms with Crippen LogP contribution in [0, 0.1) is 0 Å². The number of rotatable bonds is 10. The maximum atomic E-state index is 11.6. The van der Waals surface area contributed by atoms with E-state index in [1.807, 2.05) is 0 Å². The number of methoxy groups -OCH3 is 2. The normalized spacial score (nSPS) is 15.1. The van der Waals surface area contributed by atoms with Gasteiger partial charge in [0.25, 0.3) is 0 Å². The van der Waals surface area contributed by atoms with Gasteiger partial charge in [0, 0.05) is 27.3 Å². The summed E-state index contributed by atoms with van der Waals surface area (Å²) < 4.78 is 10.3. The van der Waals surface area contributed by atoms with Crippen molar-refractivity contribution < 1.29 is 14.3 Å². The van der Waals surface area contributed by atoms with Gasteiger partial charge in [0.15, 0.2) is 6.29 Å². The van der Waals surface area contributed by atoms with E-state index in [-0.39, 0.29) is 0 Å². The number of likely N-dealkylation sites (N-methyl/N-ethyl adjacent to an activating group) is 1. The second-order valence-electron chi connectivity index (χ2n) is 4.32. The second-order valence-corrected chi connectivity index (χ2v) is 4.32. The fourth-order valence-electron chi connectivity index (χ4n) is 1.87. The second kappa shape index (κ2) is 8.42. The van der Waals surface area contributed by atoms with Crippen LogP contribution in [-0.4, -0.2) is 63.0 Å². The first kappa shape index (κ1) is 17.3. The molecule has 0 aliphatic carbocycles. The van der Waals surface area contributed by atoms with Crippen LogP contribution in [-0.2, 0) is 14.3 Å². The number of nitrogens with zero attached hydrogens (tertiary/aromatic N) is 1. The Balaban J connectivity index is 4.49. The summed E-state index contributed by atoms with van der Waals surface area (Å²) in [6.45, 7) is 9.33. The molecule has 0 saturated heterocycles. The zero-order valence-electron chi connectivity index (χ0n) is 12.2. The Morgan fingerprint density at radius 2 is 1.83 bits per heavy atom. The van der Waals surface area contributed by atoms with Crippen LogP contribution in [0.4, 0.5) is 0 Å². The van der Waals surface area contributed by atoms with Crippen LogP contribution in [0.3, 0.4) is 0 Å². The molecule has 0 saturated carbocycles. The molecule has 0 heterocycles. The van der Waals surface area contributed by atoms with Crippen LogP contribution >= 0.6 is 0 Å². The Labute approximate surface area is 110 Å². The van der Waals surface area contributed by atoms with Crippen LogP contribution in [0.5, 0.6) is 0 Å². The van der Waals surface area contributed by atoms with Gasteiger partial charge in [-0.25, -0.2) is 0 Å². The van der Waals surface area contributed by atoms with E-state index in [4.69, 9.17) is 15.2 Å². The predicted octanol–water partition coefficient (Wildman–Crippen LogP) is -0.219. The lowest BCUT2D eigenvalue weighted by atomic mass is 10.0. The van der Waals surface area contributed by atoms with E-state index >= 15 is 0 Å². The summed E-state index contributed by atoms with van der Waals surface area (Å²) in [6, 6.07) is 0. The van der Waals surface area contributed by atoms with E-state index in [2.05, 4.69) is 24.1 Å². The molecule has 0 aromatic heterocycles. The van der Waals surface area contributed by atoms with Gasteiger partial charge in [-0.3, -0.25) is 10.1 Å². The number of nitrogens with one attached hydrogen (secondary N) is 1. The van der Waals surface area contributed by atoms with E-state index < -0.39 is 17.7 Å². The quantitative estimate of drug-likeness (QED) is 0.532. The Hall–Kier alpha value is -0.690. The molecule has 18 heavy (non-hydrogen) atoms. The third-order valence-corrected chi connectivity index (χ3v) is 3.23. The van der Waals surface area contributed by atoms with Crippen LogP contribution in [0.25, 0.3) is 0 Å². The van der Waals surface area contributed by atoms with Crippen molar-refractivity contribution in [2.45, 2.75) is 32.6 Å². The molecular formula is C12H27N3O3. The van der Waals surface area contributed by atoms with E-state index in [1.165, 1.54) is 14.2 Å². The summed E-state index contributed by atoms with van der Waals surface area (Å²) in [7, 11) is 2.98. The molecule has 0 radical (unpaired) electrons. The molecule has 0 fully saturated rings. The van der Waals surface area contributed by atoms with Crippen molar-refractivity contribution in [1.82, 2.24) is 10.2 Å². The van der Waals surface area contributed by atoms with Gasteiger partial charge in [-0.1, -0.05) is 13.8 Å². The predicted molar refractivity (Wildman–Crippen MR) is 71.2 cm³/mol. The molecule has 0 rings (SSSR count). The first-order valence-electron chi connectivity index (χ1n) is 6.29.